The Hall–Kier alpha value is -1.97. The van der Waals surface area contributed by atoms with Crippen LogP contribution in [-0.2, 0) is 11.2 Å². The third-order valence-corrected chi connectivity index (χ3v) is 2.20. The zero-order chi connectivity index (χ0) is 10.8. The summed E-state index contributed by atoms with van der Waals surface area (Å²) in [6.07, 6.45) is 2.06. The summed E-state index contributed by atoms with van der Waals surface area (Å²) in [5, 5.41) is 9.97. The lowest BCUT2D eigenvalue weighted by molar-refractivity contribution is -0.107. The van der Waals surface area contributed by atoms with Crippen LogP contribution in [0.1, 0.15) is 5.56 Å². The number of rotatable bonds is 2. The van der Waals surface area contributed by atoms with E-state index >= 15 is 0 Å². The summed E-state index contributed by atoms with van der Waals surface area (Å²) in [4.78, 5) is 14.2. The minimum atomic E-state index is -0.479. The number of carbonyl (C=O) groups excluding carboxylic acids is 1. The smallest absolute Gasteiger partial charge is 0.145 e. The van der Waals surface area contributed by atoms with E-state index in [1.54, 1.807) is 6.07 Å². The highest BCUT2D eigenvalue weighted by molar-refractivity contribution is 5.86. The van der Waals surface area contributed by atoms with Crippen molar-refractivity contribution >= 4 is 17.2 Å². The quantitative estimate of drug-likeness (QED) is 0.761. The van der Waals surface area contributed by atoms with E-state index < -0.39 is 5.82 Å². The SMILES string of the molecule is O=CCc1cc(F)c2cccnc2c1O. The minimum absolute atomic E-state index is 0.0186. The van der Waals surface area contributed by atoms with Crippen molar-refractivity contribution in [2.24, 2.45) is 0 Å². The lowest BCUT2D eigenvalue weighted by Gasteiger charge is -2.05. The Kier molecular flexibility index (Phi) is 2.33. The van der Waals surface area contributed by atoms with Crippen LogP contribution >= 0.6 is 0 Å². The zero-order valence-electron chi connectivity index (χ0n) is 7.77. The Morgan fingerprint density at radius 1 is 1.53 bits per heavy atom. The average Bonchev–Trinajstić information content (AvgIpc) is 2.26. The molecule has 1 aromatic carbocycles. The summed E-state index contributed by atoms with van der Waals surface area (Å²) in [6, 6.07) is 4.28. The zero-order valence-corrected chi connectivity index (χ0v) is 7.77. The van der Waals surface area contributed by atoms with Crippen molar-refractivity contribution in [3.05, 3.63) is 35.8 Å². The molecule has 4 heteroatoms. The number of aldehydes is 1. The first-order valence-corrected chi connectivity index (χ1v) is 4.42. The van der Waals surface area contributed by atoms with Gasteiger partial charge in [-0.15, -0.1) is 0 Å². The Bertz CT molecular complexity index is 525. The third kappa shape index (κ3) is 1.54. The summed E-state index contributed by atoms with van der Waals surface area (Å²) in [5.41, 5.74) is 0.447. The Morgan fingerprint density at radius 3 is 3.07 bits per heavy atom. The minimum Gasteiger partial charge on any atom is -0.505 e. The molecule has 3 nitrogen and oxygen atoms in total. The van der Waals surface area contributed by atoms with Gasteiger partial charge in [0.15, 0.2) is 0 Å². The van der Waals surface area contributed by atoms with E-state index in [1.807, 2.05) is 0 Å². The van der Waals surface area contributed by atoms with Crippen LogP contribution in [0.15, 0.2) is 24.4 Å². The molecule has 0 aliphatic heterocycles. The van der Waals surface area contributed by atoms with Crippen LogP contribution in [0.5, 0.6) is 5.75 Å². The van der Waals surface area contributed by atoms with Crippen molar-refractivity contribution in [2.75, 3.05) is 0 Å². The number of phenols is 1. The molecule has 0 aliphatic carbocycles. The van der Waals surface area contributed by atoms with Crippen LogP contribution in [0, 0.1) is 5.82 Å². The summed E-state index contributed by atoms with van der Waals surface area (Å²) in [7, 11) is 0. The van der Waals surface area contributed by atoms with E-state index in [4.69, 9.17) is 0 Å². The van der Waals surface area contributed by atoms with E-state index in [1.165, 1.54) is 12.3 Å². The number of aromatic nitrogens is 1. The lowest BCUT2D eigenvalue weighted by atomic mass is 10.1. The number of hydrogen-bond acceptors (Lipinski definition) is 3. The average molecular weight is 205 g/mol. The second-order valence-electron chi connectivity index (χ2n) is 3.14. The predicted octanol–water partition coefficient (Wildman–Crippen LogP) is 1.82. The molecule has 2 rings (SSSR count). The van der Waals surface area contributed by atoms with Crippen molar-refractivity contribution < 1.29 is 14.3 Å². The summed E-state index contributed by atoms with van der Waals surface area (Å²) in [5.74, 6) is -0.605. The number of phenolic OH excluding ortho intramolecular Hbond substituents is 1. The number of halogens is 1. The van der Waals surface area contributed by atoms with Crippen molar-refractivity contribution in [3.8, 4) is 5.75 Å². The Morgan fingerprint density at radius 2 is 2.33 bits per heavy atom. The lowest BCUT2D eigenvalue weighted by Crippen LogP contribution is -1.92. The number of fused-ring (bicyclic) bond motifs is 1. The summed E-state index contributed by atoms with van der Waals surface area (Å²) in [6.45, 7) is 0. The van der Waals surface area contributed by atoms with Crippen molar-refractivity contribution in [3.63, 3.8) is 0 Å². The van der Waals surface area contributed by atoms with Gasteiger partial charge in [-0.2, -0.15) is 0 Å². The topological polar surface area (TPSA) is 50.2 Å². The molecule has 1 N–H and O–H groups in total. The summed E-state index contributed by atoms with van der Waals surface area (Å²) >= 11 is 0. The molecule has 76 valence electrons. The van der Waals surface area contributed by atoms with Crippen LogP contribution in [0.4, 0.5) is 4.39 Å². The molecule has 0 saturated heterocycles. The molecule has 0 bridgehead atoms. The van der Waals surface area contributed by atoms with Crippen LogP contribution in [0.2, 0.25) is 0 Å². The maximum atomic E-state index is 13.5. The molecule has 0 fully saturated rings. The van der Waals surface area contributed by atoms with Crippen LogP contribution < -0.4 is 0 Å². The maximum Gasteiger partial charge on any atom is 0.145 e. The van der Waals surface area contributed by atoms with Crippen molar-refractivity contribution in [2.45, 2.75) is 6.42 Å². The molecule has 1 heterocycles. The van der Waals surface area contributed by atoms with Gasteiger partial charge < -0.3 is 9.90 Å². The van der Waals surface area contributed by atoms with E-state index in [9.17, 15) is 14.3 Å². The number of carbonyl (C=O) groups is 1. The van der Waals surface area contributed by atoms with Gasteiger partial charge in [-0.3, -0.25) is 4.98 Å². The van der Waals surface area contributed by atoms with Gasteiger partial charge >= 0.3 is 0 Å². The van der Waals surface area contributed by atoms with Gasteiger partial charge in [0, 0.05) is 23.6 Å². The van der Waals surface area contributed by atoms with Gasteiger partial charge in [0.05, 0.1) is 0 Å². The molecule has 0 atom stereocenters. The van der Waals surface area contributed by atoms with Gasteiger partial charge in [-0.1, -0.05) is 0 Å². The van der Waals surface area contributed by atoms with Crippen molar-refractivity contribution in [1.82, 2.24) is 4.98 Å². The highest BCUT2D eigenvalue weighted by atomic mass is 19.1. The van der Waals surface area contributed by atoms with E-state index in [2.05, 4.69) is 4.98 Å². The standard InChI is InChI=1S/C11H8FNO2/c12-9-6-7(3-5-14)11(15)10-8(9)2-1-4-13-10/h1-2,4-6,15H,3H2. The second-order valence-corrected chi connectivity index (χ2v) is 3.14. The molecule has 0 aliphatic rings. The molecular formula is C11H8FNO2. The fourth-order valence-electron chi connectivity index (χ4n) is 1.48. The number of hydrogen-bond donors (Lipinski definition) is 1. The number of pyridine rings is 1. The molecule has 0 unspecified atom stereocenters. The van der Waals surface area contributed by atoms with Crippen LogP contribution in [0.3, 0.4) is 0 Å². The molecular weight excluding hydrogens is 197 g/mol. The third-order valence-electron chi connectivity index (χ3n) is 2.20. The fraction of sp³-hybridized carbons (Fsp3) is 0.0909. The molecule has 2 aromatic rings. The monoisotopic (exact) mass is 205 g/mol. The first-order valence-electron chi connectivity index (χ1n) is 4.42. The van der Waals surface area contributed by atoms with E-state index in [-0.39, 0.29) is 28.6 Å². The fourth-order valence-corrected chi connectivity index (χ4v) is 1.48. The van der Waals surface area contributed by atoms with Gasteiger partial charge in [-0.05, 0) is 18.2 Å². The maximum absolute atomic E-state index is 13.5. The van der Waals surface area contributed by atoms with Gasteiger partial charge in [0.1, 0.15) is 23.4 Å². The Labute approximate surface area is 85.2 Å². The molecule has 0 amide bonds. The first-order chi connectivity index (χ1) is 7.24. The molecule has 1 aromatic heterocycles. The molecule has 15 heavy (non-hydrogen) atoms. The van der Waals surface area contributed by atoms with Crippen LogP contribution in [-0.4, -0.2) is 16.4 Å². The normalized spacial score (nSPS) is 10.5. The number of aromatic hydroxyl groups is 1. The number of nitrogens with zero attached hydrogens (tertiary/aromatic N) is 1. The highest BCUT2D eigenvalue weighted by Gasteiger charge is 2.11. The van der Waals surface area contributed by atoms with Gasteiger partial charge in [0.2, 0.25) is 0 Å². The first kappa shape index (κ1) is 9.58. The van der Waals surface area contributed by atoms with E-state index in [0.29, 0.717) is 6.29 Å². The second kappa shape index (κ2) is 3.65. The highest BCUT2D eigenvalue weighted by Crippen LogP contribution is 2.29. The van der Waals surface area contributed by atoms with E-state index in [0.717, 1.165) is 6.07 Å². The Balaban J connectivity index is 2.78. The van der Waals surface area contributed by atoms with Crippen molar-refractivity contribution in [1.29, 1.82) is 0 Å². The van der Waals surface area contributed by atoms with Crippen LogP contribution in [0.25, 0.3) is 10.9 Å². The number of benzene rings is 1. The van der Waals surface area contributed by atoms with Gasteiger partial charge in [0.25, 0.3) is 0 Å². The van der Waals surface area contributed by atoms with Gasteiger partial charge in [-0.25, -0.2) is 4.39 Å². The summed E-state index contributed by atoms with van der Waals surface area (Å²) < 4.78 is 13.5. The predicted molar refractivity (Wildman–Crippen MR) is 53.1 cm³/mol. The molecule has 0 spiro atoms. The molecule has 0 radical (unpaired) electrons. The largest absolute Gasteiger partial charge is 0.505 e. The molecule has 0 saturated carbocycles.